The van der Waals surface area contributed by atoms with Crippen molar-refractivity contribution in [3.63, 3.8) is 0 Å². The standard InChI is InChI=1S/C18H20ClNO4/c1-20(11-13-5-4-6-16(22-2)18(13)23-3)17(21)12-24-15-9-7-14(19)8-10-15/h4-10H,11-12H2,1-3H3. The minimum atomic E-state index is -0.144. The van der Waals surface area contributed by atoms with Crippen LogP contribution in [-0.4, -0.2) is 38.7 Å². The molecule has 6 heteroatoms. The molecule has 0 fully saturated rings. The molecule has 0 aliphatic carbocycles. The summed E-state index contributed by atoms with van der Waals surface area (Å²) in [4.78, 5) is 13.8. The Morgan fingerprint density at radius 2 is 1.79 bits per heavy atom. The maximum Gasteiger partial charge on any atom is 0.260 e. The Bertz CT molecular complexity index is 688. The molecule has 0 aliphatic rings. The molecule has 0 N–H and O–H groups in total. The quantitative estimate of drug-likeness (QED) is 0.768. The smallest absolute Gasteiger partial charge is 0.260 e. The Balaban J connectivity index is 1.97. The number of rotatable bonds is 7. The topological polar surface area (TPSA) is 48.0 Å². The van der Waals surface area contributed by atoms with Gasteiger partial charge in [0.1, 0.15) is 5.75 Å². The highest BCUT2D eigenvalue weighted by molar-refractivity contribution is 6.30. The molecule has 2 aromatic carbocycles. The van der Waals surface area contributed by atoms with Crippen LogP contribution in [0.3, 0.4) is 0 Å². The van der Waals surface area contributed by atoms with Crippen molar-refractivity contribution in [3.8, 4) is 17.2 Å². The van der Waals surface area contributed by atoms with Crippen molar-refractivity contribution in [2.75, 3.05) is 27.9 Å². The van der Waals surface area contributed by atoms with Gasteiger partial charge in [0.15, 0.2) is 18.1 Å². The Hall–Kier alpha value is -2.40. The van der Waals surface area contributed by atoms with Crippen molar-refractivity contribution in [1.82, 2.24) is 4.90 Å². The summed E-state index contributed by atoms with van der Waals surface area (Å²) in [5, 5.41) is 0.621. The van der Waals surface area contributed by atoms with E-state index in [1.54, 1.807) is 50.4 Å². The van der Waals surface area contributed by atoms with Crippen molar-refractivity contribution in [3.05, 3.63) is 53.1 Å². The highest BCUT2D eigenvalue weighted by atomic mass is 35.5. The number of hydrogen-bond donors (Lipinski definition) is 0. The molecule has 0 saturated carbocycles. The molecule has 5 nitrogen and oxygen atoms in total. The molecule has 0 atom stereocenters. The lowest BCUT2D eigenvalue weighted by Gasteiger charge is -2.20. The van der Waals surface area contributed by atoms with E-state index in [2.05, 4.69) is 0 Å². The third-order valence-electron chi connectivity index (χ3n) is 3.49. The predicted octanol–water partition coefficient (Wildman–Crippen LogP) is 3.39. The first-order chi connectivity index (χ1) is 11.5. The third-order valence-corrected chi connectivity index (χ3v) is 3.75. The van der Waals surface area contributed by atoms with Crippen LogP contribution in [0.15, 0.2) is 42.5 Å². The fourth-order valence-electron chi connectivity index (χ4n) is 2.21. The van der Waals surface area contributed by atoms with Crippen molar-refractivity contribution in [2.24, 2.45) is 0 Å². The van der Waals surface area contributed by atoms with Crippen molar-refractivity contribution in [2.45, 2.75) is 6.54 Å². The van der Waals surface area contributed by atoms with Crippen LogP contribution in [0.4, 0.5) is 0 Å². The summed E-state index contributed by atoms with van der Waals surface area (Å²) < 4.78 is 16.1. The van der Waals surface area contributed by atoms with Gasteiger partial charge in [0.2, 0.25) is 0 Å². The number of halogens is 1. The van der Waals surface area contributed by atoms with Crippen LogP contribution in [0.5, 0.6) is 17.2 Å². The number of benzene rings is 2. The highest BCUT2D eigenvalue weighted by Gasteiger charge is 2.15. The van der Waals surface area contributed by atoms with E-state index in [-0.39, 0.29) is 12.5 Å². The fourth-order valence-corrected chi connectivity index (χ4v) is 2.33. The van der Waals surface area contributed by atoms with E-state index in [9.17, 15) is 4.79 Å². The lowest BCUT2D eigenvalue weighted by Crippen LogP contribution is -2.31. The molecular formula is C18H20ClNO4. The van der Waals surface area contributed by atoms with Crippen LogP contribution in [0, 0.1) is 0 Å². The summed E-state index contributed by atoms with van der Waals surface area (Å²) in [5.74, 6) is 1.71. The number of carbonyl (C=O) groups excluding carboxylic acids is 1. The van der Waals surface area contributed by atoms with Gasteiger partial charge in [-0.15, -0.1) is 0 Å². The van der Waals surface area contributed by atoms with E-state index in [0.29, 0.717) is 28.8 Å². The first kappa shape index (κ1) is 17.9. The number of amides is 1. The second kappa shape index (κ2) is 8.45. The predicted molar refractivity (Wildman–Crippen MR) is 93.0 cm³/mol. The van der Waals surface area contributed by atoms with E-state index in [1.807, 2.05) is 18.2 Å². The zero-order valence-electron chi connectivity index (χ0n) is 13.9. The Morgan fingerprint density at radius 1 is 1.08 bits per heavy atom. The summed E-state index contributed by atoms with van der Waals surface area (Å²) in [6.07, 6.45) is 0. The monoisotopic (exact) mass is 349 g/mol. The number of para-hydroxylation sites is 1. The van der Waals surface area contributed by atoms with Gasteiger partial charge < -0.3 is 19.1 Å². The molecular weight excluding hydrogens is 330 g/mol. The van der Waals surface area contributed by atoms with Gasteiger partial charge in [0, 0.05) is 24.2 Å². The van der Waals surface area contributed by atoms with Gasteiger partial charge in [0.05, 0.1) is 14.2 Å². The van der Waals surface area contributed by atoms with Crippen LogP contribution < -0.4 is 14.2 Å². The lowest BCUT2D eigenvalue weighted by molar-refractivity contribution is -0.132. The molecule has 0 aromatic heterocycles. The SMILES string of the molecule is COc1cccc(CN(C)C(=O)COc2ccc(Cl)cc2)c1OC. The largest absolute Gasteiger partial charge is 0.493 e. The van der Waals surface area contributed by atoms with Gasteiger partial charge in [-0.25, -0.2) is 0 Å². The molecule has 0 radical (unpaired) electrons. The van der Waals surface area contributed by atoms with Crippen LogP contribution in [0.2, 0.25) is 5.02 Å². The molecule has 0 aliphatic heterocycles. The number of nitrogens with zero attached hydrogens (tertiary/aromatic N) is 1. The normalized spacial score (nSPS) is 10.2. The van der Waals surface area contributed by atoms with Gasteiger partial charge in [-0.05, 0) is 30.3 Å². The lowest BCUT2D eigenvalue weighted by atomic mass is 10.1. The minimum Gasteiger partial charge on any atom is -0.493 e. The Morgan fingerprint density at radius 3 is 2.42 bits per heavy atom. The molecule has 1 amide bonds. The number of ether oxygens (including phenoxy) is 3. The maximum absolute atomic E-state index is 12.2. The molecule has 0 spiro atoms. The summed E-state index contributed by atoms with van der Waals surface area (Å²) in [7, 11) is 4.87. The molecule has 128 valence electrons. The number of likely N-dealkylation sites (N-methyl/N-ethyl adjacent to an activating group) is 1. The second-order valence-corrected chi connectivity index (χ2v) is 5.58. The molecule has 2 rings (SSSR count). The van der Waals surface area contributed by atoms with Crippen molar-refractivity contribution >= 4 is 17.5 Å². The average Bonchev–Trinajstić information content (AvgIpc) is 2.60. The van der Waals surface area contributed by atoms with E-state index >= 15 is 0 Å². The Kier molecular flexibility index (Phi) is 6.32. The summed E-state index contributed by atoms with van der Waals surface area (Å²) in [5.41, 5.74) is 0.860. The third kappa shape index (κ3) is 4.55. The fraction of sp³-hybridized carbons (Fsp3) is 0.278. The summed E-state index contributed by atoms with van der Waals surface area (Å²) >= 11 is 5.82. The first-order valence-electron chi connectivity index (χ1n) is 7.37. The van der Waals surface area contributed by atoms with Gasteiger partial charge >= 0.3 is 0 Å². The summed E-state index contributed by atoms with van der Waals surface area (Å²) in [6, 6.07) is 12.4. The highest BCUT2D eigenvalue weighted by Crippen LogP contribution is 2.31. The van der Waals surface area contributed by atoms with Gasteiger partial charge in [-0.2, -0.15) is 0 Å². The zero-order valence-corrected chi connectivity index (χ0v) is 14.7. The van der Waals surface area contributed by atoms with Crippen LogP contribution in [0.1, 0.15) is 5.56 Å². The zero-order chi connectivity index (χ0) is 17.5. The van der Waals surface area contributed by atoms with Crippen LogP contribution >= 0.6 is 11.6 Å². The van der Waals surface area contributed by atoms with E-state index in [4.69, 9.17) is 25.8 Å². The second-order valence-electron chi connectivity index (χ2n) is 5.15. The van der Waals surface area contributed by atoms with Crippen LogP contribution in [-0.2, 0) is 11.3 Å². The number of carbonyl (C=O) groups is 1. The molecule has 0 heterocycles. The molecule has 0 saturated heterocycles. The summed E-state index contributed by atoms with van der Waals surface area (Å²) in [6.45, 7) is 0.341. The molecule has 2 aromatic rings. The number of hydrogen-bond acceptors (Lipinski definition) is 4. The molecule has 24 heavy (non-hydrogen) atoms. The minimum absolute atomic E-state index is 0.0512. The van der Waals surface area contributed by atoms with E-state index < -0.39 is 0 Å². The van der Waals surface area contributed by atoms with E-state index in [0.717, 1.165) is 5.56 Å². The van der Waals surface area contributed by atoms with Crippen LogP contribution in [0.25, 0.3) is 0 Å². The maximum atomic E-state index is 12.2. The van der Waals surface area contributed by atoms with Crippen molar-refractivity contribution in [1.29, 1.82) is 0 Å². The average molecular weight is 350 g/mol. The molecule has 0 unspecified atom stereocenters. The van der Waals surface area contributed by atoms with Gasteiger partial charge in [0.25, 0.3) is 5.91 Å². The Labute approximate surface area is 146 Å². The van der Waals surface area contributed by atoms with E-state index in [1.165, 1.54) is 0 Å². The van der Waals surface area contributed by atoms with Gasteiger partial charge in [-0.1, -0.05) is 23.7 Å². The van der Waals surface area contributed by atoms with Crippen molar-refractivity contribution < 1.29 is 19.0 Å². The van der Waals surface area contributed by atoms with Gasteiger partial charge in [-0.3, -0.25) is 4.79 Å². The molecule has 0 bridgehead atoms. The number of methoxy groups -OCH3 is 2. The first-order valence-corrected chi connectivity index (χ1v) is 7.75.